The highest BCUT2D eigenvalue weighted by molar-refractivity contribution is 5.79. The second-order valence-corrected chi connectivity index (χ2v) is 7.79. The van der Waals surface area contributed by atoms with Crippen molar-refractivity contribution in [2.45, 2.75) is 59.8 Å². The molecule has 28 heavy (non-hydrogen) atoms. The van der Waals surface area contributed by atoms with Gasteiger partial charge < -0.3 is 10.2 Å². The minimum absolute atomic E-state index is 0.0470. The van der Waals surface area contributed by atoms with Crippen molar-refractivity contribution in [2.24, 2.45) is 0 Å². The van der Waals surface area contributed by atoms with E-state index in [-0.39, 0.29) is 5.91 Å². The molecular weight excluding hydrogens is 352 g/mol. The van der Waals surface area contributed by atoms with Gasteiger partial charge in [0.2, 0.25) is 5.91 Å². The van der Waals surface area contributed by atoms with E-state index in [9.17, 15) is 4.79 Å². The number of hydrogen-bond donors (Lipinski definition) is 1. The molecule has 0 aliphatic carbocycles. The van der Waals surface area contributed by atoms with E-state index < -0.39 is 0 Å². The Morgan fingerprint density at radius 3 is 2.43 bits per heavy atom. The Morgan fingerprint density at radius 2 is 1.75 bits per heavy atom. The molecule has 1 N–H and O–H groups in total. The molecule has 1 aliphatic heterocycles. The van der Waals surface area contributed by atoms with E-state index in [2.05, 4.69) is 25.3 Å². The zero-order valence-corrected chi connectivity index (χ0v) is 17.6. The summed E-state index contributed by atoms with van der Waals surface area (Å²) in [6.07, 6.45) is 5.30. The maximum Gasteiger partial charge on any atom is 0.251 e. The van der Waals surface area contributed by atoms with Crippen molar-refractivity contribution in [1.82, 2.24) is 30.0 Å². The van der Waals surface area contributed by atoms with E-state index in [0.717, 1.165) is 47.8 Å². The second kappa shape index (κ2) is 9.28. The molecule has 3 heterocycles. The molecule has 0 aromatic carbocycles. The number of piperidine rings is 1. The smallest absolute Gasteiger partial charge is 0.251 e. The number of nitrogens with one attached hydrogen (secondary N) is 1. The molecule has 152 valence electrons. The van der Waals surface area contributed by atoms with E-state index in [1.807, 2.05) is 33.8 Å². The minimum Gasteiger partial charge on any atom is -0.356 e. The van der Waals surface area contributed by atoms with Crippen LogP contribution in [0.25, 0.3) is 5.95 Å². The molecule has 1 aliphatic rings. The topological polar surface area (TPSA) is 75.9 Å². The van der Waals surface area contributed by atoms with Crippen molar-refractivity contribution in [2.75, 3.05) is 26.2 Å². The summed E-state index contributed by atoms with van der Waals surface area (Å²) in [7, 11) is 0. The minimum atomic E-state index is 0.0470. The summed E-state index contributed by atoms with van der Waals surface area (Å²) < 4.78 is 1.74. The quantitative estimate of drug-likeness (QED) is 0.742. The van der Waals surface area contributed by atoms with Crippen LogP contribution in [0.2, 0.25) is 0 Å². The molecule has 0 unspecified atom stereocenters. The summed E-state index contributed by atoms with van der Waals surface area (Å²) in [5.41, 5.74) is 4.54. The number of likely N-dealkylation sites (tertiary alicyclic amines) is 1. The molecule has 1 saturated heterocycles. The molecule has 0 bridgehead atoms. The van der Waals surface area contributed by atoms with Crippen LogP contribution < -0.4 is 5.32 Å². The Bertz CT molecular complexity index is 802. The summed E-state index contributed by atoms with van der Waals surface area (Å²) in [6, 6.07) is 1.94. The predicted octanol–water partition coefficient (Wildman–Crippen LogP) is 2.43. The molecule has 3 rings (SSSR count). The fourth-order valence-electron chi connectivity index (χ4n) is 3.86. The predicted molar refractivity (Wildman–Crippen MR) is 110 cm³/mol. The van der Waals surface area contributed by atoms with Gasteiger partial charge in [-0.3, -0.25) is 4.79 Å². The number of carbonyl (C=O) groups is 1. The first-order valence-corrected chi connectivity index (χ1v) is 10.3. The third-order valence-corrected chi connectivity index (χ3v) is 5.36. The standard InChI is InChI=1S/C21H32N6O/c1-15-13-16(2)24-21(23-15)27-18(4)19(17(3)25-27)14-20(28)22-9-8-12-26-10-6-5-7-11-26/h13H,5-12,14H2,1-4H3,(H,22,28). The summed E-state index contributed by atoms with van der Waals surface area (Å²) in [4.78, 5) is 23.9. The molecular formula is C21H32N6O. The SMILES string of the molecule is Cc1cc(C)nc(-n2nc(C)c(CC(=O)NCCCN3CCCCC3)c2C)n1. The Morgan fingerprint density at radius 1 is 1.07 bits per heavy atom. The number of carbonyl (C=O) groups excluding carboxylic acids is 1. The van der Waals surface area contributed by atoms with Crippen LogP contribution in [0.4, 0.5) is 0 Å². The average Bonchev–Trinajstić information content (AvgIpc) is 2.93. The fourth-order valence-corrected chi connectivity index (χ4v) is 3.86. The average molecular weight is 385 g/mol. The lowest BCUT2D eigenvalue weighted by Gasteiger charge is -2.26. The van der Waals surface area contributed by atoms with Gasteiger partial charge in [0, 0.05) is 29.2 Å². The van der Waals surface area contributed by atoms with E-state index in [1.165, 1.54) is 32.4 Å². The number of aromatic nitrogens is 4. The zero-order chi connectivity index (χ0) is 20.1. The summed E-state index contributed by atoms with van der Waals surface area (Å²) in [6.45, 7) is 12.0. The largest absolute Gasteiger partial charge is 0.356 e. The molecule has 7 heteroatoms. The number of hydrogen-bond acceptors (Lipinski definition) is 5. The summed E-state index contributed by atoms with van der Waals surface area (Å²) in [5.74, 6) is 0.608. The maximum absolute atomic E-state index is 12.4. The van der Waals surface area contributed by atoms with E-state index in [1.54, 1.807) is 4.68 Å². The van der Waals surface area contributed by atoms with E-state index in [4.69, 9.17) is 0 Å². The van der Waals surface area contributed by atoms with Crippen molar-refractivity contribution in [3.63, 3.8) is 0 Å². The highest BCUT2D eigenvalue weighted by atomic mass is 16.1. The molecule has 2 aromatic heterocycles. The molecule has 2 aromatic rings. The van der Waals surface area contributed by atoms with Gasteiger partial charge in [-0.25, -0.2) is 14.6 Å². The molecule has 0 saturated carbocycles. The monoisotopic (exact) mass is 384 g/mol. The van der Waals surface area contributed by atoms with Crippen molar-refractivity contribution in [1.29, 1.82) is 0 Å². The Kier molecular flexibility index (Phi) is 6.78. The molecule has 1 amide bonds. The van der Waals surface area contributed by atoms with Crippen LogP contribution in [-0.4, -0.2) is 56.7 Å². The molecule has 0 spiro atoms. The number of nitrogens with zero attached hydrogens (tertiary/aromatic N) is 5. The maximum atomic E-state index is 12.4. The van der Waals surface area contributed by atoms with Crippen molar-refractivity contribution < 1.29 is 4.79 Å². The van der Waals surface area contributed by atoms with Crippen LogP contribution in [0, 0.1) is 27.7 Å². The first-order valence-electron chi connectivity index (χ1n) is 10.3. The lowest BCUT2D eigenvalue weighted by molar-refractivity contribution is -0.120. The van der Waals surface area contributed by atoms with Gasteiger partial charge in [-0.2, -0.15) is 5.10 Å². The summed E-state index contributed by atoms with van der Waals surface area (Å²) >= 11 is 0. The summed E-state index contributed by atoms with van der Waals surface area (Å²) in [5, 5.41) is 7.64. The first-order chi connectivity index (χ1) is 13.4. The fraction of sp³-hybridized carbons (Fsp3) is 0.619. The third-order valence-electron chi connectivity index (χ3n) is 5.36. The number of amides is 1. The van der Waals surface area contributed by atoms with Crippen LogP contribution in [0.5, 0.6) is 0 Å². The number of aryl methyl sites for hydroxylation is 3. The van der Waals surface area contributed by atoms with Crippen molar-refractivity contribution in [3.8, 4) is 5.95 Å². The molecule has 0 atom stereocenters. The highest BCUT2D eigenvalue weighted by Crippen LogP contribution is 2.17. The van der Waals surface area contributed by atoms with Crippen LogP contribution in [0.1, 0.15) is 54.0 Å². The van der Waals surface area contributed by atoms with E-state index >= 15 is 0 Å². The normalized spacial score (nSPS) is 15.0. The number of rotatable bonds is 7. The van der Waals surface area contributed by atoms with Gasteiger partial charge in [0.05, 0.1) is 12.1 Å². The second-order valence-electron chi connectivity index (χ2n) is 7.79. The van der Waals surface area contributed by atoms with Gasteiger partial charge in [-0.05, 0) is 72.7 Å². The third kappa shape index (κ3) is 5.16. The molecule has 0 radical (unpaired) electrons. The lowest BCUT2D eigenvalue weighted by Crippen LogP contribution is -2.33. The van der Waals surface area contributed by atoms with Gasteiger partial charge in [-0.1, -0.05) is 6.42 Å². The molecule has 7 nitrogen and oxygen atoms in total. The van der Waals surface area contributed by atoms with Crippen LogP contribution in [0.15, 0.2) is 6.07 Å². The van der Waals surface area contributed by atoms with Gasteiger partial charge in [0.15, 0.2) is 0 Å². The van der Waals surface area contributed by atoms with Gasteiger partial charge >= 0.3 is 0 Å². The van der Waals surface area contributed by atoms with Crippen LogP contribution >= 0.6 is 0 Å². The van der Waals surface area contributed by atoms with Crippen LogP contribution in [0.3, 0.4) is 0 Å². The van der Waals surface area contributed by atoms with Crippen molar-refractivity contribution >= 4 is 5.91 Å². The van der Waals surface area contributed by atoms with Gasteiger partial charge in [0.1, 0.15) is 0 Å². The molecule has 1 fully saturated rings. The van der Waals surface area contributed by atoms with Crippen LogP contribution in [-0.2, 0) is 11.2 Å². The lowest BCUT2D eigenvalue weighted by atomic mass is 10.1. The van der Waals surface area contributed by atoms with E-state index in [0.29, 0.717) is 12.4 Å². The Balaban J connectivity index is 1.56. The Labute approximate surface area is 167 Å². The van der Waals surface area contributed by atoms with Gasteiger partial charge in [-0.15, -0.1) is 0 Å². The van der Waals surface area contributed by atoms with Crippen molar-refractivity contribution in [3.05, 3.63) is 34.4 Å². The van der Waals surface area contributed by atoms with Gasteiger partial charge in [0.25, 0.3) is 5.95 Å². The highest BCUT2D eigenvalue weighted by Gasteiger charge is 2.17. The Hall–Kier alpha value is -2.28. The first kappa shape index (κ1) is 20.5. The zero-order valence-electron chi connectivity index (χ0n) is 17.6.